The zero-order chi connectivity index (χ0) is 15.0. The van der Waals surface area contributed by atoms with Crippen LogP contribution in [0.15, 0.2) is 34.1 Å². The molecular weight excluding hydrogens is 368 g/mol. The summed E-state index contributed by atoms with van der Waals surface area (Å²) in [6.45, 7) is 5.00. The van der Waals surface area contributed by atoms with E-state index in [0.717, 1.165) is 34.3 Å². The van der Waals surface area contributed by atoms with Crippen molar-refractivity contribution in [3.63, 3.8) is 0 Å². The Hall–Kier alpha value is -0.840. The van der Waals surface area contributed by atoms with Crippen molar-refractivity contribution in [3.05, 3.63) is 50.4 Å². The van der Waals surface area contributed by atoms with E-state index < -0.39 is 0 Å². The van der Waals surface area contributed by atoms with Crippen LogP contribution in [0.3, 0.4) is 0 Å². The van der Waals surface area contributed by atoms with Crippen molar-refractivity contribution in [2.24, 2.45) is 0 Å². The molecule has 0 bridgehead atoms. The molecule has 0 aliphatic carbocycles. The Morgan fingerprint density at radius 1 is 1.38 bits per heavy atom. The molecule has 0 spiro atoms. The lowest BCUT2D eigenvalue weighted by atomic mass is 10.2. The lowest BCUT2D eigenvalue weighted by Gasteiger charge is -2.11. The summed E-state index contributed by atoms with van der Waals surface area (Å²) < 4.78 is 3.30. The highest BCUT2D eigenvalue weighted by molar-refractivity contribution is 9.10. The Morgan fingerprint density at radius 2 is 2.19 bits per heavy atom. The van der Waals surface area contributed by atoms with Gasteiger partial charge in [-0.1, -0.05) is 22.9 Å². The van der Waals surface area contributed by atoms with Crippen molar-refractivity contribution in [2.45, 2.75) is 32.2 Å². The van der Waals surface area contributed by atoms with Crippen molar-refractivity contribution in [2.75, 3.05) is 0 Å². The van der Waals surface area contributed by atoms with Gasteiger partial charge in [0.25, 0.3) is 0 Å². The summed E-state index contributed by atoms with van der Waals surface area (Å²) >= 11 is 11.7. The molecule has 2 heterocycles. The van der Waals surface area contributed by atoms with Crippen LogP contribution >= 0.6 is 38.9 Å². The monoisotopic (exact) mass is 382 g/mol. The Morgan fingerprint density at radius 3 is 2.90 bits per heavy atom. The molecule has 2 nitrogen and oxygen atoms in total. The predicted octanol–water partition coefficient (Wildman–Crippen LogP) is 5.77. The van der Waals surface area contributed by atoms with E-state index in [2.05, 4.69) is 44.9 Å². The third-order valence-electron chi connectivity index (χ3n) is 3.62. The fourth-order valence-corrected chi connectivity index (χ4v) is 4.03. The van der Waals surface area contributed by atoms with E-state index in [9.17, 15) is 0 Å². The van der Waals surface area contributed by atoms with Gasteiger partial charge in [-0.25, -0.2) is 4.98 Å². The van der Waals surface area contributed by atoms with Crippen molar-refractivity contribution in [1.82, 2.24) is 9.55 Å². The summed E-state index contributed by atoms with van der Waals surface area (Å²) in [4.78, 5) is 6.09. The fraction of sp³-hybridized carbons (Fsp3) is 0.312. The zero-order valence-corrected chi connectivity index (χ0v) is 15.1. The second-order valence-corrected chi connectivity index (χ2v) is 7.60. The largest absolute Gasteiger partial charge is 0.321 e. The van der Waals surface area contributed by atoms with Gasteiger partial charge >= 0.3 is 0 Å². The molecule has 1 unspecified atom stereocenters. The summed E-state index contributed by atoms with van der Waals surface area (Å²) in [7, 11) is 0. The summed E-state index contributed by atoms with van der Waals surface area (Å²) in [5.41, 5.74) is 3.53. The van der Waals surface area contributed by atoms with E-state index in [-0.39, 0.29) is 5.38 Å². The lowest BCUT2D eigenvalue weighted by Crippen LogP contribution is -2.06. The van der Waals surface area contributed by atoms with Gasteiger partial charge in [0.15, 0.2) is 0 Å². The Kier molecular flexibility index (Phi) is 4.38. The highest BCUT2D eigenvalue weighted by Crippen LogP contribution is 2.29. The van der Waals surface area contributed by atoms with E-state index in [1.54, 1.807) is 11.3 Å². The summed E-state index contributed by atoms with van der Waals surface area (Å²) in [5.74, 6) is 0.931. The average molecular weight is 384 g/mol. The summed E-state index contributed by atoms with van der Waals surface area (Å²) in [5, 5.41) is 2.05. The second-order valence-electron chi connectivity index (χ2n) is 5.03. The van der Waals surface area contributed by atoms with Gasteiger partial charge < -0.3 is 4.57 Å². The van der Waals surface area contributed by atoms with Crippen molar-refractivity contribution in [3.8, 4) is 0 Å². The molecule has 1 aromatic carbocycles. The molecule has 0 radical (unpaired) electrons. The predicted molar refractivity (Wildman–Crippen MR) is 94.5 cm³/mol. The van der Waals surface area contributed by atoms with Gasteiger partial charge in [-0.15, -0.1) is 22.9 Å². The molecule has 3 aromatic rings. The quantitative estimate of drug-likeness (QED) is 0.523. The van der Waals surface area contributed by atoms with Gasteiger partial charge in [-0.2, -0.15) is 0 Å². The maximum Gasteiger partial charge on any atom is 0.128 e. The van der Waals surface area contributed by atoms with Crippen LogP contribution in [0.2, 0.25) is 0 Å². The molecule has 21 heavy (non-hydrogen) atoms. The van der Waals surface area contributed by atoms with Crippen molar-refractivity contribution in [1.29, 1.82) is 0 Å². The summed E-state index contributed by atoms with van der Waals surface area (Å²) in [6, 6.07) is 8.38. The van der Waals surface area contributed by atoms with E-state index in [1.165, 1.54) is 10.4 Å². The fourth-order valence-electron chi connectivity index (χ4n) is 2.55. The molecule has 0 aliphatic heterocycles. The first-order chi connectivity index (χ1) is 10.1. The minimum absolute atomic E-state index is 0.110. The molecule has 0 saturated carbocycles. The number of hydrogen-bond donors (Lipinski definition) is 0. The molecule has 0 amide bonds. The van der Waals surface area contributed by atoms with Crippen LogP contribution in [-0.4, -0.2) is 9.55 Å². The maximum absolute atomic E-state index is 6.34. The third-order valence-corrected chi connectivity index (χ3v) is 5.25. The molecule has 0 fully saturated rings. The lowest BCUT2D eigenvalue weighted by molar-refractivity contribution is 0.745. The molecule has 3 rings (SSSR count). The van der Waals surface area contributed by atoms with Gasteiger partial charge in [0.05, 0.1) is 23.0 Å². The van der Waals surface area contributed by atoms with E-state index in [0.29, 0.717) is 0 Å². The molecular formula is C16H16BrClN2S. The molecule has 2 aromatic heterocycles. The number of hydrogen-bond acceptors (Lipinski definition) is 2. The maximum atomic E-state index is 6.34. The number of aromatic nitrogens is 2. The first kappa shape index (κ1) is 15.1. The normalized spacial score (nSPS) is 13.0. The topological polar surface area (TPSA) is 17.8 Å². The van der Waals surface area contributed by atoms with Gasteiger partial charge in [0.2, 0.25) is 0 Å². The summed E-state index contributed by atoms with van der Waals surface area (Å²) in [6.07, 6.45) is 1.06. The highest BCUT2D eigenvalue weighted by atomic mass is 79.9. The number of fused-ring (bicyclic) bond motifs is 1. The van der Waals surface area contributed by atoms with Crippen molar-refractivity contribution >= 4 is 49.9 Å². The van der Waals surface area contributed by atoms with E-state index >= 15 is 0 Å². The zero-order valence-electron chi connectivity index (χ0n) is 11.9. The number of rotatable bonds is 4. The molecule has 0 aliphatic rings. The molecule has 1 atom stereocenters. The van der Waals surface area contributed by atoms with Crippen LogP contribution in [0.25, 0.3) is 11.0 Å². The van der Waals surface area contributed by atoms with Crippen LogP contribution < -0.4 is 0 Å². The second kappa shape index (κ2) is 6.11. The Balaban J connectivity index is 2.15. The molecule has 0 N–H and O–H groups in total. The molecule has 110 valence electrons. The van der Waals surface area contributed by atoms with Crippen LogP contribution in [0.5, 0.6) is 0 Å². The minimum atomic E-state index is -0.110. The van der Waals surface area contributed by atoms with Crippen molar-refractivity contribution < 1.29 is 0 Å². The molecule has 5 heteroatoms. The van der Waals surface area contributed by atoms with Gasteiger partial charge in [-0.05, 0) is 48.6 Å². The smallest absolute Gasteiger partial charge is 0.128 e. The van der Waals surface area contributed by atoms with Crippen LogP contribution in [0.4, 0.5) is 0 Å². The van der Waals surface area contributed by atoms with E-state index in [4.69, 9.17) is 16.6 Å². The van der Waals surface area contributed by atoms with Gasteiger partial charge in [0, 0.05) is 9.35 Å². The van der Waals surface area contributed by atoms with Gasteiger partial charge in [0.1, 0.15) is 5.82 Å². The first-order valence-corrected chi connectivity index (χ1v) is 9.06. The number of halogens is 2. The number of imidazole rings is 1. The Bertz CT molecular complexity index is 776. The highest BCUT2D eigenvalue weighted by Gasteiger charge is 2.16. The first-order valence-electron chi connectivity index (χ1n) is 6.95. The van der Waals surface area contributed by atoms with Crippen LogP contribution in [-0.2, 0) is 13.0 Å². The molecule has 0 saturated heterocycles. The number of nitrogens with zero attached hydrogens (tertiary/aromatic N) is 2. The van der Waals surface area contributed by atoms with Crippen LogP contribution in [0.1, 0.15) is 35.5 Å². The standard InChI is InChI=1S/C16H16BrClN2S/c1-3-11-6-7-21-15(11)9-20-14-8-12(17)4-5-13(14)19-16(20)10(2)18/h4-8,10H,3,9H2,1-2H3. The third kappa shape index (κ3) is 2.89. The SMILES string of the molecule is CCc1ccsc1Cn1c(C(C)Cl)nc2ccc(Br)cc21. The number of alkyl halides is 1. The Labute approximate surface area is 141 Å². The number of benzene rings is 1. The average Bonchev–Trinajstić information content (AvgIpc) is 3.04. The minimum Gasteiger partial charge on any atom is -0.321 e. The van der Waals surface area contributed by atoms with E-state index in [1.807, 2.05) is 19.1 Å². The number of thiophene rings is 1. The van der Waals surface area contributed by atoms with Gasteiger partial charge in [-0.3, -0.25) is 0 Å². The van der Waals surface area contributed by atoms with Crippen LogP contribution in [0, 0.1) is 0 Å². The number of aryl methyl sites for hydroxylation is 1.